The van der Waals surface area contributed by atoms with Crippen molar-refractivity contribution in [1.29, 1.82) is 0 Å². The second kappa shape index (κ2) is 8.23. The smallest absolute Gasteiger partial charge is 0.279 e. The van der Waals surface area contributed by atoms with Crippen LogP contribution in [0.4, 0.5) is 11.5 Å². The van der Waals surface area contributed by atoms with Gasteiger partial charge in [0.05, 0.1) is 0 Å². The fourth-order valence-corrected chi connectivity index (χ4v) is 2.50. The summed E-state index contributed by atoms with van der Waals surface area (Å²) < 4.78 is 0.170. The molecule has 0 spiro atoms. The van der Waals surface area contributed by atoms with E-state index in [-0.39, 0.29) is 16.3 Å². The highest BCUT2D eigenvalue weighted by molar-refractivity contribution is 7.71. The average Bonchev–Trinajstić information content (AvgIpc) is 2.62. The Kier molecular flexibility index (Phi) is 5.78. The van der Waals surface area contributed by atoms with E-state index >= 15 is 0 Å². The van der Waals surface area contributed by atoms with Crippen molar-refractivity contribution in [3.8, 4) is 0 Å². The normalized spacial score (nSPS) is 11.5. The second-order valence-corrected chi connectivity index (χ2v) is 6.51. The molecule has 130 valence electrons. The van der Waals surface area contributed by atoms with E-state index < -0.39 is 5.56 Å². The maximum Gasteiger partial charge on any atom is 0.279 e. The SMILES string of the molecule is O=c1[nH]c(=S)[nH]c(/N=C/c2ccc(Cl)cc2)c1N=Cc1ccc(Cl)cc1. The number of hydrogen-bond acceptors (Lipinski definition) is 4. The van der Waals surface area contributed by atoms with Crippen LogP contribution in [0.5, 0.6) is 0 Å². The number of benzene rings is 2. The van der Waals surface area contributed by atoms with Crippen LogP contribution >= 0.6 is 35.4 Å². The Morgan fingerprint density at radius 1 is 0.808 bits per heavy atom. The van der Waals surface area contributed by atoms with E-state index in [9.17, 15) is 4.79 Å². The molecule has 3 aromatic rings. The lowest BCUT2D eigenvalue weighted by Gasteiger charge is -2.00. The zero-order valence-electron chi connectivity index (χ0n) is 13.2. The van der Waals surface area contributed by atoms with Crippen LogP contribution in [0.2, 0.25) is 10.0 Å². The van der Waals surface area contributed by atoms with Gasteiger partial charge >= 0.3 is 0 Å². The van der Waals surface area contributed by atoms with Crippen molar-refractivity contribution in [2.45, 2.75) is 0 Å². The van der Waals surface area contributed by atoms with E-state index in [0.29, 0.717) is 10.0 Å². The van der Waals surface area contributed by atoms with Gasteiger partial charge in [-0.2, -0.15) is 0 Å². The zero-order valence-corrected chi connectivity index (χ0v) is 15.6. The van der Waals surface area contributed by atoms with Gasteiger partial charge in [0, 0.05) is 22.5 Å². The molecule has 8 heteroatoms. The molecule has 0 unspecified atom stereocenters. The number of aromatic nitrogens is 2. The summed E-state index contributed by atoms with van der Waals surface area (Å²) in [5.74, 6) is 0.263. The molecule has 1 aromatic heterocycles. The number of aromatic amines is 2. The van der Waals surface area contributed by atoms with Crippen LogP contribution in [0.25, 0.3) is 0 Å². The highest BCUT2D eigenvalue weighted by Crippen LogP contribution is 2.20. The van der Waals surface area contributed by atoms with E-state index in [1.807, 2.05) is 12.1 Å². The van der Waals surface area contributed by atoms with Gasteiger partial charge in [0.2, 0.25) is 0 Å². The van der Waals surface area contributed by atoms with E-state index in [2.05, 4.69) is 20.0 Å². The number of aliphatic imine (C=N–C) groups is 2. The van der Waals surface area contributed by atoms with Crippen molar-refractivity contribution >= 4 is 59.4 Å². The predicted octanol–water partition coefficient (Wildman–Crippen LogP) is 5.24. The first kappa shape index (κ1) is 18.3. The Labute approximate surface area is 164 Å². The molecule has 1 heterocycles. The summed E-state index contributed by atoms with van der Waals surface area (Å²) in [5.41, 5.74) is 1.31. The van der Waals surface area contributed by atoms with E-state index in [1.165, 1.54) is 0 Å². The topological polar surface area (TPSA) is 73.4 Å². The fourth-order valence-electron chi connectivity index (χ4n) is 2.06. The minimum Gasteiger partial charge on any atom is -0.315 e. The van der Waals surface area contributed by atoms with Crippen LogP contribution in [-0.4, -0.2) is 22.4 Å². The molecule has 0 bridgehead atoms. The van der Waals surface area contributed by atoms with Gasteiger partial charge in [-0.25, -0.2) is 9.98 Å². The van der Waals surface area contributed by atoms with Crippen LogP contribution in [0.3, 0.4) is 0 Å². The minimum absolute atomic E-state index is 0.124. The fraction of sp³-hybridized carbons (Fsp3) is 0. The molecule has 0 aliphatic rings. The highest BCUT2D eigenvalue weighted by atomic mass is 35.5. The Hall–Kier alpha value is -2.54. The van der Waals surface area contributed by atoms with Crippen LogP contribution in [0.15, 0.2) is 63.3 Å². The number of nitrogens with one attached hydrogen (secondary N) is 2. The lowest BCUT2D eigenvalue weighted by molar-refractivity contribution is 1.07. The largest absolute Gasteiger partial charge is 0.315 e. The van der Waals surface area contributed by atoms with Gasteiger partial charge < -0.3 is 4.98 Å². The Balaban J connectivity index is 1.97. The zero-order chi connectivity index (χ0) is 18.5. The molecule has 0 saturated heterocycles. The summed E-state index contributed by atoms with van der Waals surface area (Å²) in [4.78, 5) is 26.1. The van der Waals surface area contributed by atoms with Crippen LogP contribution in [0.1, 0.15) is 11.1 Å². The standard InChI is InChI=1S/C18H12Cl2N4OS/c19-13-5-1-11(2-6-13)9-21-15-16(23-18(26)24-17(15)25)22-10-12-3-7-14(20)8-4-12/h1-10H,(H2,23,24,25,26)/b21-9?,22-10+. The number of H-pyrrole nitrogens is 2. The van der Waals surface area contributed by atoms with Crippen molar-refractivity contribution in [2.75, 3.05) is 0 Å². The van der Waals surface area contributed by atoms with E-state index in [0.717, 1.165) is 11.1 Å². The van der Waals surface area contributed by atoms with Crippen LogP contribution in [-0.2, 0) is 0 Å². The van der Waals surface area contributed by atoms with Gasteiger partial charge in [0.25, 0.3) is 5.56 Å². The van der Waals surface area contributed by atoms with Gasteiger partial charge in [0.15, 0.2) is 16.3 Å². The summed E-state index contributed by atoms with van der Waals surface area (Å²) in [6.45, 7) is 0. The molecule has 26 heavy (non-hydrogen) atoms. The molecule has 0 saturated carbocycles. The molecular formula is C18H12Cl2N4OS. The molecule has 0 aliphatic heterocycles. The second-order valence-electron chi connectivity index (χ2n) is 5.22. The van der Waals surface area contributed by atoms with Gasteiger partial charge in [-0.05, 0) is 47.6 Å². The third-order valence-corrected chi connectivity index (χ3v) is 4.03. The predicted molar refractivity (Wildman–Crippen MR) is 110 cm³/mol. The van der Waals surface area contributed by atoms with Gasteiger partial charge in [-0.1, -0.05) is 47.5 Å². The van der Waals surface area contributed by atoms with Gasteiger partial charge in [-0.15, -0.1) is 0 Å². The molecule has 0 radical (unpaired) electrons. The molecule has 3 rings (SSSR count). The summed E-state index contributed by atoms with van der Waals surface area (Å²) in [5, 5.41) is 1.25. The molecule has 5 nitrogen and oxygen atoms in total. The van der Waals surface area contributed by atoms with Crippen LogP contribution in [0, 0.1) is 4.77 Å². The number of rotatable bonds is 4. The van der Waals surface area contributed by atoms with Crippen molar-refractivity contribution in [2.24, 2.45) is 9.98 Å². The Morgan fingerprint density at radius 3 is 1.85 bits per heavy atom. The quantitative estimate of drug-likeness (QED) is 0.462. The van der Waals surface area contributed by atoms with Gasteiger partial charge in [0.1, 0.15) is 0 Å². The first-order valence-electron chi connectivity index (χ1n) is 7.47. The summed E-state index contributed by atoms with van der Waals surface area (Å²) in [6.07, 6.45) is 3.15. The molecule has 2 aromatic carbocycles. The third-order valence-electron chi connectivity index (χ3n) is 3.32. The lowest BCUT2D eigenvalue weighted by atomic mass is 10.2. The molecule has 0 atom stereocenters. The number of nitrogens with zero attached hydrogens (tertiary/aromatic N) is 2. The van der Waals surface area contributed by atoms with Crippen molar-refractivity contribution < 1.29 is 0 Å². The molecule has 0 fully saturated rings. The van der Waals surface area contributed by atoms with Crippen molar-refractivity contribution in [3.05, 3.63) is 84.8 Å². The van der Waals surface area contributed by atoms with E-state index in [4.69, 9.17) is 35.4 Å². The lowest BCUT2D eigenvalue weighted by Crippen LogP contribution is -2.07. The first-order valence-corrected chi connectivity index (χ1v) is 8.63. The Bertz CT molecular complexity index is 1080. The summed E-state index contributed by atoms with van der Waals surface area (Å²) in [6, 6.07) is 14.2. The number of hydrogen-bond donors (Lipinski definition) is 2. The van der Waals surface area contributed by atoms with Gasteiger partial charge in [-0.3, -0.25) is 9.78 Å². The van der Waals surface area contributed by atoms with E-state index in [1.54, 1.807) is 48.8 Å². The third kappa shape index (κ3) is 4.76. The highest BCUT2D eigenvalue weighted by Gasteiger charge is 2.06. The van der Waals surface area contributed by atoms with Crippen molar-refractivity contribution in [1.82, 2.24) is 9.97 Å². The maximum atomic E-state index is 12.2. The minimum atomic E-state index is -0.429. The van der Waals surface area contributed by atoms with Crippen molar-refractivity contribution in [3.63, 3.8) is 0 Å². The average molecular weight is 403 g/mol. The monoisotopic (exact) mass is 402 g/mol. The summed E-state index contributed by atoms with van der Waals surface area (Å²) >= 11 is 16.7. The molecule has 0 aliphatic carbocycles. The Morgan fingerprint density at radius 2 is 1.31 bits per heavy atom. The number of halogens is 2. The first-order chi connectivity index (χ1) is 12.5. The molecule has 0 amide bonds. The summed E-state index contributed by atoms with van der Waals surface area (Å²) in [7, 11) is 0. The maximum absolute atomic E-state index is 12.2. The van der Waals surface area contributed by atoms with Crippen LogP contribution < -0.4 is 5.56 Å². The molecule has 2 N–H and O–H groups in total. The molecular weight excluding hydrogens is 391 g/mol.